The highest BCUT2D eigenvalue weighted by molar-refractivity contribution is 5.98. The zero-order valence-electron chi connectivity index (χ0n) is 17.9. The van der Waals surface area contributed by atoms with E-state index >= 15 is 0 Å². The third-order valence-electron chi connectivity index (χ3n) is 8.23. The van der Waals surface area contributed by atoms with E-state index < -0.39 is 11.0 Å². The van der Waals surface area contributed by atoms with Crippen LogP contribution in [0.4, 0.5) is 5.69 Å². The zero-order chi connectivity index (χ0) is 21.6. The molecule has 1 heterocycles. The van der Waals surface area contributed by atoms with Crippen molar-refractivity contribution in [2.75, 3.05) is 13.1 Å². The zero-order valence-corrected chi connectivity index (χ0v) is 17.9. The Morgan fingerprint density at radius 1 is 0.968 bits per heavy atom. The van der Waals surface area contributed by atoms with Crippen molar-refractivity contribution >= 4 is 17.5 Å². The molecule has 0 radical (unpaired) electrons. The minimum absolute atomic E-state index is 0.0430. The minimum atomic E-state index is -0.498. The Morgan fingerprint density at radius 2 is 1.52 bits per heavy atom. The third kappa shape index (κ3) is 3.83. The van der Waals surface area contributed by atoms with Crippen LogP contribution in [-0.2, 0) is 4.79 Å². The van der Waals surface area contributed by atoms with Crippen LogP contribution in [0.1, 0.15) is 68.1 Å². The van der Waals surface area contributed by atoms with Gasteiger partial charge in [0.1, 0.15) is 6.04 Å². The van der Waals surface area contributed by atoms with Crippen LogP contribution >= 0.6 is 0 Å². The molecule has 5 fully saturated rings. The van der Waals surface area contributed by atoms with Gasteiger partial charge in [0.15, 0.2) is 0 Å². The van der Waals surface area contributed by atoms with Crippen LogP contribution in [0, 0.1) is 33.3 Å². The van der Waals surface area contributed by atoms with Gasteiger partial charge in [-0.2, -0.15) is 0 Å². The number of likely N-dealkylation sites (tertiary alicyclic amines) is 1. The van der Waals surface area contributed by atoms with Crippen molar-refractivity contribution in [1.29, 1.82) is 0 Å². The van der Waals surface area contributed by atoms with Crippen LogP contribution in [-0.4, -0.2) is 40.8 Å². The van der Waals surface area contributed by atoms with E-state index in [1.165, 1.54) is 43.5 Å². The second-order valence-corrected chi connectivity index (χ2v) is 10.4. The van der Waals surface area contributed by atoms with Crippen LogP contribution in [0.2, 0.25) is 0 Å². The molecular weight excluding hydrogens is 394 g/mol. The number of nitrogens with zero attached hydrogens (tertiary/aromatic N) is 2. The average Bonchev–Trinajstić information content (AvgIpc) is 2.76. The molecule has 0 unspecified atom stereocenters. The monoisotopic (exact) mass is 425 g/mol. The Morgan fingerprint density at radius 3 is 2.03 bits per heavy atom. The molecule has 1 aromatic carbocycles. The van der Waals surface area contributed by atoms with E-state index in [1.54, 1.807) is 0 Å². The number of rotatable bonds is 5. The van der Waals surface area contributed by atoms with Crippen LogP contribution in [0.5, 0.6) is 0 Å². The highest BCUT2D eigenvalue weighted by Gasteiger charge is 2.57. The number of piperidine rings is 1. The first-order valence-corrected chi connectivity index (χ1v) is 11.8. The first-order chi connectivity index (χ1) is 14.9. The summed E-state index contributed by atoms with van der Waals surface area (Å²) in [5, 5.41) is 14.1. The van der Waals surface area contributed by atoms with E-state index in [4.69, 9.17) is 0 Å². The van der Waals surface area contributed by atoms with Gasteiger partial charge in [-0.1, -0.05) is 0 Å². The summed E-state index contributed by atoms with van der Waals surface area (Å²) in [6, 6.07) is 5.16. The molecule has 5 aliphatic rings. The van der Waals surface area contributed by atoms with Gasteiger partial charge in [-0.25, -0.2) is 0 Å². The van der Waals surface area contributed by atoms with Gasteiger partial charge in [0, 0.05) is 36.2 Å². The fourth-order valence-corrected chi connectivity index (χ4v) is 7.25. The number of non-ortho nitro benzene ring substituents is 1. The predicted octanol–water partition coefficient (Wildman–Crippen LogP) is 3.92. The van der Waals surface area contributed by atoms with Gasteiger partial charge in [0.2, 0.25) is 5.91 Å². The molecule has 4 bridgehead atoms. The number of nitrogens with one attached hydrogen (secondary N) is 1. The average molecular weight is 426 g/mol. The Kier molecular flexibility index (Phi) is 5.22. The molecule has 0 spiro atoms. The third-order valence-corrected chi connectivity index (χ3v) is 8.23. The molecule has 166 valence electrons. The first-order valence-electron chi connectivity index (χ1n) is 11.8. The predicted molar refractivity (Wildman–Crippen MR) is 115 cm³/mol. The van der Waals surface area contributed by atoms with Gasteiger partial charge in [0.05, 0.1) is 4.92 Å². The van der Waals surface area contributed by atoms with Gasteiger partial charge >= 0.3 is 0 Å². The lowest BCUT2D eigenvalue weighted by Gasteiger charge is -2.59. The molecule has 1 saturated heterocycles. The molecule has 31 heavy (non-hydrogen) atoms. The van der Waals surface area contributed by atoms with Crippen molar-refractivity contribution in [3.8, 4) is 0 Å². The van der Waals surface area contributed by atoms with Crippen molar-refractivity contribution in [3.05, 3.63) is 39.9 Å². The molecule has 1 aliphatic heterocycles. The molecule has 1 atom stereocenters. The topological polar surface area (TPSA) is 92.6 Å². The van der Waals surface area contributed by atoms with Crippen LogP contribution in [0.25, 0.3) is 0 Å². The van der Waals surface area contributed by atoms with Crippen molar-refractivity contribution in [1.82, 2.24) is 10.2 Å². The lowest BCUT2D eigenvalue weighted by molar-refractivity contribution is -0.384. The Balaban J connectivity index is 1.42. The SMILES string of the molecule is O=C(N[C@@H](C(=O)N1CCCCC1)C12CC3CC(CC(C3)C1)C2)c1ccc([N+](=O)[O-])cc1. The number of amides is 2. The van der Waals surface area contributed by atoms with E-state index in [1.807, 2.05) is 4.90 Å². The Labute approximate surface area is 182 Å². The summed E-state index contributed by atoms with van der Waals surface area (Å²) in [4.78, 5) is 39.3. The maximum atomic E-state index is 13.7. The maximum absolute atomic E-state index is 13.7. The standard InChI is InChI=1S/C24H31N3O4/c28-22(19-4-6-20(7-5-19)27(30)31)25-21(23(29)26-8-2-1-3-9-26)24-13-16-10-17(14-24)12-18(11-16)15-24/h4-7,16-18,21H,1-3,8-15H2,(H,25,28)/t16?,17?,18?,21-,24?/m0/s1. The normalized spacial score (nSPS) is 32.5. The minimum Gasteiger partial charge on any atom is -0.341 e. The lowest BCUT2D eigenvalue weighted by atomic mass is 9.47. The highest BCUT2D eigenvalue weighted by atomic mass is 16.6. The number of hydrogen-bond donors (Lipinski definition) is 1. The number of hydrogen-bond acceptors (Lipinski definition) is 4. The lowest BCUT2D eigenvalue weighted by Crippen LogP contribution is -2.62. The Bertz CT molecular complexity index is 840. The van der Waals surface area contributed by atoms with E-state index in [2.05, 4.69) is 5.32 Å². The summed E-state index contributed by atoms with van der Waals surface area (Å²) in [5.41, 5.74) is 0.185. The van der Waals surface area contributed by atoms with Crippen molar-refractivity contribution < 1.29 is 14.5 Å². The molecule has 1 N–H and O–H groups in total. The maximum Gasteiger partial charge on any atom is 0.269 e. The van der Waals surface area contributed by atoms with Gasteiger partial charge in [-0.05, 0) is 87.7 Å². The van der Waals surface area contributed by atoms with Crippen molar-refractivity contribution in [2.24, 2.45) is 23.2 Å². The number of carbonyl (C=O) groups is 2. The number of nitro groups is 1. The van der Waals surface area contributed by atoms with E-state index in [0.717, 1.165) is 51.6 Å². The van der Waals surface area contributed by atoms with E-state index in [-0.39, 0.29) is 22.9 Å². The van der Waals surface area contributed by atoms with Gasteiger partial charge in [-0.15, -0.1) is 0 Å². The number of nitro benzene ring substituents is 1. The first kappa shape index (κ1) is 20.5. The second kappa shape index (κ2) is 7.92. The molecule has 4 saturated carbocycles. The molecule has 2 amide bonds. The van der Waals surface area contributed by atoms with Crippen LogP contribution < -0.4 is 5.32 Å². The summed E-state index contributed by atoms with van der Waals surface area (Å²) in [5.74, 6) is 1.82. The van der Waals surface area contributed by atoms with E-state index in [0.29, 0.717) is 23.3 Å². The molecule has 4 aliphatic carbocycles. The molecule has 7 heteroatoms. The van der Waals surface area contributed by atoms with Crippen LogP contribution in [0.15, 0.2) is 24.3 Å². The highest BCUT2D eigenvalue weighted by Crippen LogP contribution is 2.61. The summed E-state index contributed by atoms with van der Waals surface area (Å²) >= 11 is 0. The number of carbonyl (C=O) groups excluding carboxylic acids is 2. The fourth-order valence-electron chi connectivity index (χ4n) is 7.25. The summed E-state index contributed by atoms with van der Waals surface area (Å²) in [7, 11) is 0. The molecule has 0 aromatic heterocycles. The van der Waals surface area contributed by atoms with Gasteiger partial charge in [0.25, 0.3) is 11.6 Å². The van der Waals surface area contributed by atoms with Crippen molar-refractivity contribution in [3.63, 3.8) is 0 Å². The molecule has 6 rings (SSSR count). The van der Waals surface area contributed by atoms with Crippen LogP contribution in [0.3, 0.4) is 0 Å². The largest absolute Gasteiger partial charge is 0.341 e. The molecule has 1 aromatic rings. The fraction of sp³-hybridized carbons (Fsp3) is 0.667. The smallest absolute Gasteiger partial charge is 0.269 e. The quantitative estimate of drug-likeness (QED) is 0.572. The summed E-state index contributed by atoms with van der Waals surface area (Å²) < 4.78 is 0. The summed E-state index contributed by atoms with van der Waals surface area (Å²) in [6.45, 7) is 1.55. The van der Waals surface area contributed by atoms with E-state index in [9.17, 15) is 19.7 Å². The Hall–Kier alpha value is -2.44. The molecular formula is C24H31N3O4. The summed E-state index contributed by atoms with van der Waals surface area (Å²) in [6.07, 6.45) is 10.1. The van der Waals surface area contributed by atoms with Crippen molar-refractivity contribution in [2.45, 2.75) is 63.8 Å². The van der Waals surface area contributed by atoms with Gasteiger partial charge in [-0.3, -0.25) is 19.7 Å². The van der Waals surface area contributed by atoms with Gasteiger partial charge < -0.3 is 10.2 Å². The number of benzene rings is 1. The second-order valence-electron chi connectivity index (χ2n) is 10.4. The molecule has 7 nitrogen and oxygen atoms in total.